The van der Waals surface area contributed by atoms with Crippen molar-refractivity contribution < 1.29 is 25.6 Å². The Bertz CT molecular complexity index is 1390. The quantitative estimate of drug-likeness (QED) is 0.633. The summed E-state index contributed by atoms with van der Waals surface area (Å²) in [5.41, 5.74) is 5.88. The van der Waals surface area contributed by atoms with E-state index in [0.717, 1.165) is 21.7 Å². The van der Waals surface area contributed by atoms with Gasteiger partial charge in [0, 0.05) is 22.8 Å². The van der Waals surface area contributed by atoms with Gasteiger partial charge in [0.05, 0.1) is 16.3 Å². The maximum Gasteiger partial charge on any atom is 0.244 e. The summed E-state index contributed by atoms with van der Waals surface area (Å²) in [7, 11) is -7.66. The SMILES string of the molecule is CC(C)S(=O)(=O)n1c(N)nc2ccc(C(=CS(C)(=O)=O)c3cccc(F)c3F)cc21. The molecule has 0 aliphatic rings. The first kappa shape index (κ1) is 21.9. The Morgan fingerprint density at radius 3 is 2.40 bits per heavy atom. The van der Waals surface area contributed by atoms with Gasteiger partial charge in [-0.3, -0.25) is 0 Å². The highest BCUT2D eigenvalue weighted by Gasteiger charge is 2.25. The van der Waals surface area contributed by atoms with E-state index in [1.165, 1.54) is 44.2 Å². The second-order valence-corrected chi connectivity index (χ2v) is 11.2. The van der Waals surface area contributed by atoms with Crippen molar-refractivity contribution in [1.82, 2.24) is 8.96 Å². The number of halogens is 2. The molecule has 0 saturated heterocycles. The molecule has 0 aliphatic heterocycles. The minimum Gasteiger partial charge on any atom is -0.368 e. The molecule has 0 spiro atoms. The van der Waals surface area contributed by atoms with Gasteiger partial charge >= 0.3 is 0 Å². The number of imidazole rings is 1. The summed E-state index contributed by atoms with van der Waals surface area (Å²) in [5.74, 6) is -2.64. The zero-order valence-electron chi connectivity index (χ0n) is 16.3. The van der Waals surface area contributed by atoms with Gasteiger partial charge in [0.25, 0.3) is 0 Å². The Kier molecular flexibility index (Phi) is 5.46. The number of aromatic nitrogens is 2. The van der Waals surface area contributed by atoms with Crippen molar-refractivity contribution in [3.63, 3.8) is 0 Å². The van der Waals surface area contributed by atoms with Gasteiger partial charge in [0.2, 0.25) is 16.0 Å². The number of hydrogen-bond donors (Lipinski definition) is 1. The Morgan fingerprint density at radius 1 is 1.13 bits per heavy atom. The molecular weight excluding hydrogens is 436 g/mol. The minimum absolute atomic E-state index is 0.0925. The van der Waals surface area contributed by atoms with Crippen molar-refractivity contribution >= 4 is 42.4 Å². The van der Waals surface area contributed by atoms with E-state index in [2.05, 4.69) is 4.98 Å². The lowest BCUT2D eigenvalue weighted by molar-refractivity contribution is 0.506. The van der Waals surface area contributed by atoms with E-state index in [0.29, 0.717) is 0 Å². The fraction of sp³-hybridized carbons (Fsp3) is 0.211. The molecule has 11 heteroatoms. The molecule has 3 aromatic rings. The second-order valence-electron chi connectivity index (χ2n) is 6.99. The van der Waals surface area contributed by atoms with E-state index < -0.39 is 36.7 Å². The summed E-state index contributed by atoms with van der Waals surface area (Å²) in [4.78, 5) is 4.03. The number of hydrogen-bond acceptors (Lipinski definition) is 6. The van der Waals surface area contributed by atoms with Gasteiger partial charge in [-0.05, 0) is 37.6 Å². The van der Waals surface area contributed by atoms with Crippen LogP contribution in [0.25, 0.3) is 16.6 Å². The lowest BCUT2D eigenvalue weighted by Gasteiger charge is -2.13. The molecule has 7 nitrogen and oxygen atoms in total. The molecule has 0 fully saturated rings. The third-order valence-electron chi connectivity index (χ3n) is 4.37. The molecule has 160 valence electrons. The maximum atomic E-state index is 14.5. The van der Waals surface area contributed by atoms with Crippen molar-refractivity contribution in [2.45, 2.75) is 19.1 Å². The Balaban J connectivity index is 2.37. The minimum atomic E-state index is -3.89. The van der Waals surface area contributed by atoms with E-state index in [1.807, 2.05) is 0 Å². The van der Waals surface area contributed by atoms with Gasteiger partial charge in [-0.15, -0.1) is 0 Å². The van der Waals surface area contributed by atoms with Crippen LogP contribution >= 0.6 is 0 Å². The van der Waals surface area contributed by atoms with Crippen molar-refractivity contribution in [3.05, 3.63) is 64.6 Å². The molecule has 0 amide bonds. The van der Waals surface area contributed by atoms with Crippen molar-refractivity contribution in [1.29, 1.82) is 0 Å². The highest BCUT2D eigenvalue weighted by Crippen LogP contribution is 2.31. The maximum absolute atomic E-state index is 14.5. The Labute approximate surface area is 172 Å². The van der Waals surface area contributed by atoms with Crippen LogP contribution in [0.1, 0.15) is 25.0 Å². The molecule has 0 saturated carbocycles. The average Bonchev–Trinajstić information content (AvgIpc) is 2.96. The van der Waals surface area contributed by atoms with E-state index in [-0.39, 0.29) is 33.7 Å². The van der Waals surface area contributed by atoms with Crippen LogP contribution in [0.3, 0.4) is 0 Å². The summed E-state index contributed by atoms with van der Waals surface area (Å²) in [5, 5.41) is -0.0138. The third-order valence-corrected chi connectivity index (χ3v) is 7.12. The lowest BCUT2D eigenvalue weighted by Crippen LogP contribution is -2.23. The lowest BCUT2D eigenvalue weighted by atomic mass is 9.98. The molecule has 2 aromatic carbocycles. The zero-order chi connectivity index (χ0) is 22.4. The average molecular weight is 456 g/mol. The zero-order valence-corrected chi connectivity index (χ0v) is 17.9. The summed E-state index contributed by atoms with van der Waals surface area (Å²) in [6.07, 6.45) is 0.911. The van der Waals surface area contributed by atoms with Crippen LogP contribution in [-0.4, -0.2) is 37.3 Å². The Hall–Kier alpha value is -2.79. The molecular formula is C19H19F2N3O4S2. The van der Waals surface area contributed by atoms with E-state index in [9.17, 15) is 25.6 Å². The third kappa shape index (κ3) is 3.94. The number of nitrogens with zero attached hydrogens (tertiary/aromatic N) is 2. The molecule has 0 aliphatic carbocycles. The number of nitrogen functional groups attached to an aromatic ring is 1. The van der Waals surface area contributed by atoms with Crippen LogP contribution in [0, 0.1) is 11.6 Å². The first-order valence-corrected chi connectivity index (χ1v) is 12.2. The molecule has 0 atom stereocenters. The first-order valence-electron chi connectivity index (χ1n) is 8.72. The van der Waals surface area contributed by atoms with Gasteiger partial charge in [0.1, 0.15) is 0 Å². The molecule has 0 unspecified atom stereocenters. The number of sulfone groups is 1. The number of nitrogens with two attached hydrogens (primary N) is 1. The normalized spacial score (nSPS) is 13.3. The van der Waals surface area contributed by atoms with Crippen LogP contribution in [0.15, 0.2) is 41.8 Å². The van der Waals surface area contributed by atoms with Crippen molar-refractivity contribution in [2.75, 3.05) is 12.0 Å². The summed E-state index contributed by atoms with van der Waals surface area (Å²) in [6.45, 7) is 2.95. The standard InChI is InChI=1S/C19H19F2N3O4S2/c1-11(2)30(27,28)24-17-9-12(7-8-16(17)23-19(24)22)14(10-29(3,25)26)13-5-4-6-15(20)18(13)21/h4-11H,1-3H3,(H2,22,23). The van der Waals surface area contributed by atoms with Crippen molar-refractivity contribution in [3.8, 4) is 0 Å². The number of rotatable bonds is 5. The predicted molar refractivity (Wildman–Crippen MR) is 112 cm³/mol. The summed E-state index contributed by atoms with van der Waals surface area (Å²) >= 11 is 0. The molecule has 0 radical (unpaired) electrons. The van der Waals surface area contributed by atoms with Crippen LogP contribution in [0.2, 0.25) is 0 Å². The molecule has 1 aromatic heterocycles. The number of fused-ring (bicyclic) bond motifs is 1. The van der Waals surface area contributed by atoms with Crippen LogP contribution in [0.5, 0.6) is 0 Å². The first-order chi connectivity index (χ1) is 13.8. The van der Waals surface area contributed by atoms with Crippen molar-refractivity contribution in [2.24, 2.45) is 0 Å². The highest BCUT2D eigenvalue weighted by atomic mass is 32.2. The highest BCUT2D eigenvalue weighted by molar-refractivity contribution is 7.93. The number of benzene rings is 2. The molecule has 3 rings (SSSR count). The smallest absolute Gasteiger partial charge is 0.244 e. The van der Waals surface area contributed by atoms with Gasteiger partial charge in [0.15, 0.2) is 21.5 Å². The van der Waals surface area contributed by atoms with Gasteiger partial charge < -0.3 is 5.73 Å². The molecule has 0 bridgehead atoms. The molecule has 30 heavy (non-hydrogen) atoms. The monoisotopic (exact) mass is 455 g/mol. The van der Waals surface area contributed by atoms with Gasteiger partial charge in [-0.1, -0.05) is 18.2 Å². The van der Waals surface area contributed by atoms with E-state index in [4.69, 9.17) is 5.73 Å². The largest absolute Gasteiger partial charge is 0.368 e. The number of anilines is 1. The van der Waals surface area contributed by atoms with Crippen LogP contribution in [0.4, 0.5) is 14.7 Å². The fourth-order valence-electron chi connectivity index (χ4n) is 2.93. The fourth-order valence-corrected chi connectivity index (χ4v) is 4.77. The van der Waals surface area contributed by atoms with Crippen LogP contribution < -0.4 is 5.73 Å². The van der Waals surface area contributed by atoms with E-state index in [1.54, 1.807) is 0 Å². The molecule has 1 heterocycles. The summed E-state index contributed by atoms with van der Waals surface area (Å²) < 4.78 is 78.5. The topological polar surface area (TPSA) is 112 Å². The molecule has 2 N–H and O–H groups in total. The Morgan fingerprint density at radius 2 is 1.80 bits per heavy atom. The van der Waals surface area contributed by atoms with Crippen LogP contribution in [-0.2, 0) is 19.9 Å². The van der Waals surface area contributed by atoms with Gasteiger partial charge in [-0.25, -0.2) is 34.6 Å². The van der Waals surface area contributed by atoms with Gasteiger partial charge in [-0.2, -0.15) is 0 Å². The van der Waals surface area contributed by atoms with E-state index >= 15 is 0 Å². The second kappa shape index (κ2) is 7.47. The predicted octanol–water partition coefficient (Wildman–Crippen LogP) is 2.92. The summed E-state index contributed by atoms with van der Waals surface area (Å²) in [6, 6.07) is 7.58.